The van der Waals surface area contributed by atoms with Crippen molar-refractivity contribution in [3.8, 4) is 11.3 Å². The summed E-state index contributed by atoms with van der Waals surface area (Å²) < 4.78 is 1.83. The van der Waals surface area contributed by atoms with Gasteiger partial charge in [-0.15, -0.1) is 11.6 Å². The van der Waals surface area contributed by atoms with Gasteiger partial charge in [-0.05, 0) is 32.6 Å². The first-order chi connectivity index (χ1) is 9.02. The third-order valence-corrected chi connectivity index (χ3v) is 3.02. The van der Waals surface area contributed by atoms with Gasteiger partial charge >= 0.3 is 5.95 Å². The van der Waals surface area contributed by atoms with Gasteiger partial charge < -0.3 is 4.85 Å². The van der Waals surface area contributed by atoms with Gasteiger partial charge in [0.05, 0.1) is 0 Å². The van der Waals surface area contributed by atoms with Crippen LogP contribution in [0.5, 0.6) is 0 Å². The highest BCUT2D eigenvalue weighted by molar-refractivity contribution is 6.32. The molecule has 2 rings (SSSR count). The van der Waals surface area contributed by atoms with Crippen LogP contribution in [0, 0.1) is 13.5 Å². The van der Waals surface area contributed by atoms with Gasteiger partial charge in [0, 0.05) is 5.56 Å². The first kappa shape index (κ1) is 13.6. The molecule has 0 bridgehead atoms. The first-order valence-electron chi connectivity index (χ1n) is 5.88. The van der Waals surface area contributed by atoms with E-state index in [1.807, 2.05) is 54.8 Å². The van der Waals surface area contributed by atoms with E-state index >= 15 is 0 Å². The number of hydrogen-bond donors (Lipinski definition) is 0. The van der Waals surface area contributed by atoms with E-state index in [0.717, 1.165) is 11.3 Å². The van der Waals surface area contributed by atoms with Crippen molar-refractivity contribution in [2.75, 3.05) is 14.1 Å². The Bertz CT molecular complexity index is 620. The van der Waals surface area contributed by atoms with E-state index in [0.29, 0.717) is 17.8 Å². The van der Waals surface area contributed by atoms with Crippen LogP contribution >= 0.6 is 11.6 Å². The molecule has 0 atom stereocenters. The Kier molecular flexibility index (Phi) is 3.89. The van der Waals surface area contributed by atoms with Gasteiger partial charge in [0.15, 0.2) is 0 Å². The number of aromatic nitrogens is 2. The minimum atomic E-state index is 0.314. The van der Waals surface area contributed by atoms with Crippen LogP contribution < -0.4 is 0 Å². The van der Waals surface area contributed by atoms with Crippen molar-refractivity contribution in [3.05, 3.63) is 46.4 Å². The average molecular weight is 275 g/mol. The topological polar surface area (TPSA) is 25.4 Å². The lowest BCUT2D eigenvalue weighted by atomic mass is 10.1. The van der Waals surface area contributed by atoms with Gasteiger partial charge in [-0.3, -0.25) is 9.47 Å². The minimum absolute atomic E-state index is 0.314. The summed E-state index contributed by atoms with van der Waals surface area (Å²) in [5.74, 6) is 0.314. The normalized spacial score (nSPS) is 10.7. The Morgan fingerprint density at radius 3 is 2.47 bits per heavy atom. The van der Waals surface area contributed by atoms with Crippen molar-refractivity contribution in [1.29, 1.82) is 0 Å². The van der Waals surface area contributed by atoms with E-state index in [4.69, 9.17) is 18.2 Å². The van der Waals surface area contributed by atoms with E-state index in [-0.39, 0.29) is 0 Å². The molecular formula is C14H15ClN4. The molecule has 5 heteroatoms. The number of imidazole rings is 1. The van der Waals surface area contributed by atoms with Gasteiger partial charge in [-0.2, -0.15) is 0 Å². The van der Waals surface area contributed by atoms with Gasteiger partial charge in [-0.1, -0.05) is 29.8 Å². The highest BCUT2D eigenvalue weighted by Crippen LogP contribution is 2.32. The van der Waals surface area contributed by atoms with Gasteiger partial charge in [0.2, 0.25) is 5.15 Å². The molecule has 0 aliphatic heterocycles. The van der Waals surface area contributed by atoms with E-state index in [1.165, 1.54) is 5.56 Å². The summed E-state index contributed by atoms with van der Waals surface area (Å²) in [6.07, 6.45) is 0. The third kappa shape index (κ3) is 2.78. The van der Waals surface area contributed by atoms with Crippen molar-refractivity contribution < 1.29 is 0 Å². The number of hydrogen-bond acceptors (Lipinski definition) is 2. The fourth-order valence-electron chi connectivity index (χ4n) is 1.90. The van der Waals surface area contributed by atoms with Crippen LogP contribution in [0.2, 0.25) is 5.15 Å². The van der Waals surface area contributed by atoms with Crippen LogP contribution in [-0.4, -0.2) is 28.5 Å². The number of nitrogens with zero attached hydrogens (tertiary/aromatic N) is 4. The zero-order valence-corrected chi connectivity index (χ0v) is 11.9. The molecule has 19 heavy (non-hydrogen) atoms. The van der Waals surface area contributed by atoms with Gasteiger partial charge in [0.25, 0.3) is 0 Å². The van der Waals surface area contributed by atoms with E-state index in [2.05, 4.69) is 9.83 Å². The molecule has 0 unspecified atom stereocenters. The predicted octanol–water partition coefficient (Wildman–Crippen LogP) is 3.58. The fraction of sp³-hybridized carbons (Fsp3) is 0.286. The summed E-state index contributed by atoms with van der Waals surface area (Å²) in [4.78, 5) is 9.54. The zero-order chi connectivity index (χ0) is 14.0. The van der Waals surface area contributed by atoms with Crippen molar-refractivity contribution in [2.24, 2.45) is 0 Å². The predicted molar refractivity (Wildman–Crippen MR) is 77.4 cm³/mol. The lowest BCUT2D eigenvalue weighted by molar-refractivity contribution is 0.331. The van der Waals surface area contributed by atoms with E-state index in [1.54, 1.807) is 0 Å². The molecule has 0 N–H and O–H groups in total. The SMILES string of the molecule is [C-]#[N+]c1nc(Cl)c(-c2ccc(C)cc2)n1CN(C)C. The summed E-state index contributed by atoms with van der Waals surface area (Å²) in [5.41, 5.74) is 2.95. The molecule has 0 radical (unpaired) electrons. The largest absolute Gasteiger partial charge is 0.396 e. The molecule has 0 fully saturated rings. The smallest absolute Gasteiger partial charge is 0.341 e. The van der Waals surface area contributed by atoms with Crippen molar-refractivity contribution in [2.45, 2.75) is 13.6 Å². The highest BCUT2D eigenvalue weighted by atomic mass is 35.5. The molecule has 1 heterocycles. The first-order valence-corrected chi connectivity index (χ1v) is 6.26. The summed E-state index contributed by atoms with van der Waals surface area (Å²) in [6.45, 7) is 9.80. The summed E-state index contributed by atoms with van der Waals surface area (Å²) in [5, 5.41) is 0.372. The van der Waals surface area contributed by atoms with Crippen LogP contribution in [0.3, 0.4) is 0 Å². The molecule has 0 saturated carbocycles. The summed E-state index contributed by atoms with van der Waals surface area (Å²) in [6, 6.07) is 8.04. The molecule has 98 valence electrons. The van der Waals surface area contributed by atoms with Crippen molar-refractivity contribution in [1.82, 2.24) is 14.5 Å². The summed E-state index contributed by atoms with van der Waals surface area (Å²) >= 11 is 6.19. The molecule has 4 nitrogen and oxygen atoms in total. The maximum Gasteiger partial charge on any atom is 0.341 e. The van der Waals surface area contributed by atoms with Crippen LogP contribution in [0.15, 0.2) is 24.3 Å². The average Bonchev–Trinajstić information content (AvgIpc) is 2.66. The maximum absolute atomic E-state index is 7.20. The zero-order valence-electron chi connectivity index (χ0n) is 11.2. The Labute approximate surface area is 118 Å². The Morgan fingerprint density at radius 1 is 1.32 bits per heavy atom. The molecular weight excluding hydrogens is 260 g/mol. The Balaban J connectivity index is 2.58. The maximum atomic E-state index is 7.20. The van der Waals surface area contributed by atoms with Gasteiger partial charge in [-0.25, -0.2) is 0 Å². The second kappa shape index (κ2) is 5.43. The molecule has 0 saturated heterocycles. The Morgan fingerprint density at radius 2 is 1.95 bits per heavy atom. The monoisotopic (exact) mass is 274 g/mol. The third-order valence-electron chi connectivity index (χ3n) is 2.75. The standard InChI is InChI=1S/C14H15ClN4/c1-10-5-7-11(8-6-10)12-13(15)17-14(16-2)19(12)9-18(3)4/h5-8H,9H2,1,3-4H3. The van der Waals surface area contributed by atoms with Crippen LogP contribution in [0.4, 0.5) is 5.95 Å². The van der Waals surface area contributed by atoms with Crippen molar-refractivity contribution in [3.63, 3.8) is 0 Å². The van der Waals surface area contributed by atoms with Crippen LogP contribution in [0.1, 0.15) is 5.56 Å². The molecule has 2 aromatic rings. The van der Waals surface area contributed by atoms with Crippen LogP contribution in [-0.2, 0) is 6.67 Å². The number of benzene rings is 1. The fourth-order valence-corrected chi connectivity index (χ4v) is 2.19. The van der Waals surface area contributed by atoms with E-state index in [9.17, 15) is 0 Å². The van der Waals surface area contributed by atoms with Crippen molar-refractivity contribution >= 4 is 17.5 Å². The van der Waals surface area contributed by atoms with Gasteiger partial charge in [0.1, 0.15) is 12.4 Å². The number of rotatable bonds is 3. The highest BCUT2D eigenvalue weighted by Gasteiger charge is 2.20. The molecule has 0 aliphatic rings. The second-order valence-electron chi connectivity index (χ2n) is 4.68. The molecule has 0 aliphatic carbocycles. The Hall–Kier alpha value is -1.83. The lowest BCUT2D eigenvalue weighted by Gasteiger charge is -2.13. The molecule has 1 aromatic carbocycles. The summed E-state index contributed by atoms with van der Waals surface area (Å²) in [7, 11) is 3.89. The lowest BCUT2D eigenvalue weighted by Crippen LogP contribution is -2.17. The molecule has 1 aromatic heterocycles. The molecule has 0 amide bonds. The number of aryl methyl sites for hydroxylation is 1. The minimum Gasteiger partial charge on any atom is -0.396 e. The molecule has 0 spiro atoms. The quantitative estimate of drug-likeness (QED) is 0.800. The van der Waals surface area contributed by atoms with E-state index < -0.39 is 0 Å². The van der Waals surface area contributed by atoms with Crippen LogP contribution in [0.25, 0.3) is 16.1 Å². The second-order valence-corrected chi connectivity index (χ2v) is 5.04. The number of halogens is 1.